The van der Waals surface area contributed by atoms with Gasteiger partial charge >= 0.3 is 0 Å². The van der Waals surface area contributed by atoms with Crippen LogP contribution in [0.3, 0.4) is 0 Å². The molecule has 2 heterocycles. The van der Waals surface area contributed by atoms with E-state index in [1.54, 1.807) is 23.5 Å². The monoisotopic (exact) mass is 309 g/mol. The van der Waals surface area contributed by atoms with Gasteiger partial charge in [-0.25, -0.2) is 0 Å². The summed E-state index contributed by atoms with van der Waals surface area (Å²) in [5.74, 6) is 0.993. The van der Waals surface area contributed by atoms with Gasteiger partial charge < -0.3 is 4.90 Å². The Morgan fingerprint density at radius 3 is 2.84 bits per heavy atom. The maximum Gasteiger partial charge on any atom is 0.256 e. The van der Waals surface area contributed by atoms with Gasteiger partial charge in [0.15, 0.2) is 0 Å². The zero-order chi connectivity index (χ0) is 13.2. The number of amides is 1. The Labute approximate surface area is 125 Å². The molecule has 1 aromatic carbocycles. The van der Waals surface area contributed by atoms with Crippen molar-refractivity contribution in [1.82, 2.24) is 4.90 Å². The lowest BCUT2D eigenvalue weighted by molar-refractivity contribution is 0.0762. The van der Waals surface area contributed by atoms with Gasteiger partial charge in [0.05, 0.1) is 10.6 Å². The molecule has 1 saturated heterocycles. The number of nitrogens with zero attached hydrogens (tertiary/aromatic N) is 1. The molecule has 3 rings (SSSR count). The van der Waals surface area contributed by atoms with Gasteiger partial charge in [0.25, 0.3) is 5.91 Å². The molecule has 0 bridgehead atoms. The molecule has 0 radical (unpaired) electrons. The van der Waals surface area contributed by atoms with E-state index in [1.807, 2.05) is 40.2 Å². The van der Waals surface area contributed by atoms with E-state index < -0.39 is 0 Å². The highest BCUT2D eigenvalue weighted by Crippen LogP contribution is 2.41. The standard InChI is InChI=1S/C14H12ClNOS2/c15-11-5-2-1-4-10(11)13(17)16-7-9-19-14(16)12-6-3-8-18-12/h1-6,8,14H,7,9H2. The summed E-state index contributed by atoms with van der Waals surface area (Å²) in [6.07, 6.45) is 0. The smallest absolute Gasteiger partial charge is 0.256 e. The van der Waals surface area contributed by atoms with Crippen molar-refractivity contribution in [2.45, 2.75) is 5.37 Å². The number of thiophene rings is 1. The minimum absolute atomic E-state index is 0.0222. The number of hydrogen-bond acceptors (Lipinski definition) is 3. The van der Waals surface area contributed by atoms with Crippen LogP contribution in [-0.4, -0.2) is 23.1 Å². The highest BCUT2D eigenvalue weighted by molar-refractivity contribution is 7.99. The number of benzene rings is 1. The van der Waals surface area contributed by atoms with Crippen molar-refractivity contribution in [1.29, 1.82) is 0 Å². The van der Waals surface area contributed by atoms with Crippen LogP contribution >= 0.6 is 34.7 Å². The summed E-state index contributed by atoms with van der Waals surface area (Å²) in [5, 5.41) is 2.70. The van der Waals surface area contributed by atoms with E-state index in [4.69, 9.17) is 11.6 Å². The van der Waals surface area contributed by atoms with Gasteiger partial charge in [-0.3, -0.25) is 4.79 Å². The lowest BCUT2D eigenvalue weighted by Gasteiger charge is -2.23. The third kappa shape index (κ3) is 2.53. The van der Waals surface area contributed by atoms with Crippen LogP contribution in [0.25, 0.3) is 0 Å². The van der Waals surface area contributed by atoms with Crippen LogP contribution in [0, 0.1) is 0 Å². The molecule has 1 aromatic heterocycles. The molecule has 2 nitrogen and oxygen atoms in total. The molecule has 0 N–H and O–H groups in total. The van der Waals surface area contributed by atoms with E-state index in [2.05, 4.69) is 6.07 Å². The number of rotatable bonds is 2. The third-order valence-corrected chi connectivity index (χ3v) is 5.69. The van der Waals surface area contributed by atoms with Gasteiger partial charge in [0, 0.05) is 17.2 Å². The lowest BCUT2D eigenvalue weighted by Crippen LogP contribution is -2.30. The van der Waals surface area contributed by atoms with Gasteiger partial charge in [-0.15, -0.1) is 23.1 Å². The molecule has 0 aliphatic carbocycles. The zero-order valence-corrected chi connectivity index (χ0v) is 12.5. The van der Waals surface area contributed by atoms with E-state index in [1.165, 1.54) is 4.88 Å². The number of halogens is 1. The third-order valence-electron chi connectivity index (χ3n) is 3.04. The Hall–Kier alpha value is -0.970. The maximum absolute atomic E-state index is 12.6. The largest absolute Gasteiger partial charge is 0.321 e. The van der Waals surface area contributed by atoms with Crippen molar-refractivity contribution >= 4 is 40.6 Å². The summed E-state index contributed by atoms with van der Waals surface area (Å²) in [6.45, 7) is 0.775. The van der Waals surface area contributed by atoms with Crippen LogP contribution in [0.5, 0.6) is 0 Å². The molecule has 1 unspecified atom stereocenters. The topological polar surface area (TPSA) is 20.3 Å². The first kappa shape index (κ1) is 13.0. The first-order valence-electron chi connectivity index (χ1n) is 5.98. The maximum atomic E-state index is 12.6. The Morgan fingerprint density at radius 2 is 2.11 bits per heavy atom. The minimum atomic E-state index is 0.0222. The molecular weight excluding hydrogens is 298 g/mol. The molecule has 0 saturated carbocycles. The molecular formula is C14H12ClNOS2. The van der Waals surface area contributed by atoms with Gasteiger partial charge in [-0.2, -0.15) is 0 Å². The molecule has 19 heavy (non-hydrogen) atoms. The van der Waals surface area contributed by atoms with Crippen LogP contribution in [-0.2, 0) is 0 Å². The summed E-state index contributed by atoms with van der Waals surface area (Å²) in [5.41, 5.74) is 0.591. The molecule has 1 aliphatic heterocycles. The van der Waals surface area contributed by atoms with Crippen molar-refractivity contribution < 1.29 is 4.79 Å². The van der Waals surface area contributed by atoms with E-state index in [9.17, 15) is 4.79 Å². The van der Waals surface area contributed by atoms with E-state index in [0.29, 0.717) is 10.6 Å². The molecule has 1 aliphatic rings. The Morgan fingerprint density at radius 1 is 1.26 bits per heavy atom. The van der Waals surface area contributed by atoms with Crippen LogP contribution in [0.1, 0.15) is 20.6 Å². The highest BCUT2D eigenvalue weighted by Gasteiger charge is 2.32. The van der Waals surface area contributed by atoms with Crippen molar-refractivity contribution in [2.75, 3.05) is 12.3 Å². The second-order valence-corrected chi connectivity index (χ2v) is 6.79. The predicted octanol–water partition coefficient (Wildman–Crippen LogP) is 4.29. The van der Waals surface area contributed by atoms with Gasteiger partial charge in [0.1, 0.15) is 5.37 Å². The molecule has 5 heteroatoms. The lowest BCUT2D eigenvalue weighted by atomic mass is 10.2. The van der Waals surface area contributed by atoms with Crippen LogP contribution in [0.4, 0.5) is 0 Å². The van der Waals surface area contributed by atoms with Crippen LogP contribution in [0.15, 0.2) is 41.8 Å². The Kier molecular flexibility index (Phi) is 3.82. The van der Waals surface area contributed by atoms with E-state index in [-0.39, 0.29) is 11.3 Å². The SMILES string of the molecule is O=C(c1ccccc1Cl)N1CCSC1c1cccs1. The quantitative estimate of drug-likeness (QED) is 0.825. The van der Waals surface area contributed by atoms with E-state index >= 15 is 0 Å². The Bertz CT molecular complexity index is 585. The fourth-order valence-corrected chi connectivity index (χ4v) is 4.59. The summed E-state index contributed by atoms with van der Waals surface area (Å²) < 4.78 is 0. The first-order valence-corrected chi connectivity index (χ1v) is 8.28. The average molecular weight is 310 g/mol. The average Bonchev–Trinajstić information content (AvgIpc) is 3.09. The summed E-state index contributed by atoms with van der Waals surface area (Å²) in [7, 11) is 0. The highest BCUT2D eigenvalue weighted by atomic mass is 35.5. The normalized spacial score (nSPS) is 18.8. The number of hydrogen-bond donors (Lipinski definition) is 0. The number of carbonyl (C=O) groups is 1. The van der Waals surface area contributed by atoms with Crippen molar-refractivity contribution in [3.05, 3.63) is 57.2 Å². The summed E-state index contributed by atoms with van der Waals surface area (Å²) in [6, 6.07) is 11.4. The minimum Gasteiger partial charge on any atom is -0.321 e. The summed E-state index contributed by atoms with van der Waals surface area (Å²) in [4.78, 5) is 15.7. The molecule has 1 atom stereocenters. The van der Waals surface area contributed by atoms with Crippen molar-refractivity contribution in [2.24, 2.45) is 0 Å². The molecule has 1 amide bonds. The van der Waals surface area contributed by atoms with Crippen LogP contribution < -0.4 is 0 Å². The van der Waals surface area contributed by atoms with Gasteiger partial charge in [-0.05, 0) is 23.6 Å². The fraction of sp³-hybridized carbons (Fsp3) is 0.214. The fourth-order valence-electron chi connectivity index (χ4n) is 2.13. The van der Waals surface area contributed by atoms with Gasteiger partial charge in [-0.1, -0.05) is 29.8 Å². The summed E-state index contributed by atoms with van der Waals surface area (Å²) >= 11 is 9.62. The molecule has 0 spiro atoms. The van der Waals surface area contributed by atoms with Crippen molar-refractivity contribution in [3.63, 3.8) is 0 Å². The zero-order valence-electron chi connectivity index (χ0n) is 10.1. The van der Waals surface area contributed by atoms with E-state index in [0.717, 1.165) is 12.3 Å². The first-order chi connectivity index (χ1) is 9.27. The predicted molar refractivity (Wildman–Crippen MR) is 82.0 cm³/mol. The second-order valence-electron chi connectivity index (χ2n) is 4.22. The number of thioether (sulfide) groups is 1. The van der Waals surface area contributed by atoms with Gasteiger partial charge in [0.2, 0.25) is 0 Å². The van der Waals surface area contributed by atoms with Crippen molar-refractivity contribution in [3.8, 4) is 0 Å². The second kappa shape index (κ2) is 5.57. The molecule has 2 aromatic rings. The van der Waals surface area contributed by atoms with Crippen LogP contribution in [0.2, 0.25) is 5.02 Å². The number of carbonyl (C=O) groups excluding carboxylic acids is 1. The Balaban J connectivity index is 1.89. The molecule has 1 fully saturated rings. The molecule has 98 valence electrons.